The van der Waals surface area contributed by atoms with Gasteiger partial charge in [-0.15, -0.1) is 0 Å². The number of carbonyl (C=O) groups is 2. The molecule has 0 fully saturated rings. The van der Waals surface area contributed by atoms with Gasteiger partial charge in [0, 0.05) is 6.92 Å². The van der Waals surface area contributed by atoms with Crippen molar-refractivity contribution in [3.05, 3.63) is 35.6 Å². The van der Waals surface area contributed by atoms with Crippen molar-refractivity contribution >= 4 is 17.5 Å². The molecule has 1 rings (SSSR count). The van der Waals surface area contributed by atoms with Gasteiger partial charge in [-0.3, -0.25) is 4.79 Å². The van der Waals surface area contributed by atoms with Gasteiger partial charge >= 0.3 is 5.97 Å². The summed E-state index contributed by atoms with van der Waals surface area (Å²) in [6, 6.07) is 5.43. The molecule has 0 aromatic heterocycles. The number of halogens is 1. The van der Waals surface area contributed by atoms with Crippen molar-refractivity contribution in [1.29, 1.82) is 0 Å². The monoisotopic (exact) mass is 239 g/mol. The fourth-order valence-electron chi connectivity index (χ4n) is 1.01. The molecule has 1 aromatic carbocycles. The van der Waals surface area contributed by atoms with Crippen LogP contribution in [0.1, 0.15) is 12.5 Å². The zero-order chi connectivity index (χ0) is 12.8. The number of hydrogen-bond donors (Lipinski definition) is 1. The summed E-state index contributed by atoms with van der Waals surface area (Å²) in [5.41, 5.74) is -0.0597. The highest BCUT2D eigenvalue weighted by atomic mass is 19.1. The Bertz CT molecular complexity index is 437. The Morgan fingerprint density at radius 3 is 2.41 bits per heavy atom. The van der Waals surface area contributed by atoms with E-state index in [9.17, 15) is 14.0 Å². The predicted molar refractivity (Wildman–Crippen MR) is 56.9 cm³/mol. The van der Waals surface area contributed by atoms with Crippen molar-refractivity contribution in [1.82, 2.24) is 0 Å². The second kappa shape index (κ2) is 5.74. The lowest BCUT2D eigenvalue weighted by Gasteiger charge is -2.00. The molecular weight excluding hydrogens is 229 g/mol. The number of Topliss-reactive ketones (excluding diaryl/α,β-unsaturated/α-hetero) is 1. The summed E-state index contributed by atoms with van der Waals surface area (Å²) in [5, 5.41) is 11.8. The van der Waals surface area contributed by atoms with Gasteiger partial charge in [-0.25, -0.2) is 9.18 Å². The van der Waals surface area contributed by atoms with Gasteiger partial charge in [0.2, 0.25) is 5.71 Å². The molecule has 0 unspecified atom stereocenters. The Hall–Kier alpha value is -2.24. The number of carboxylic acid groups (broad SMARTS) is 1. The van der Waals surface area contributed by atoms with Crippen molar-refractivity contribution < 1.29 is 23.9 Å². The number of ketones is 1. The summed E-state index contributed by atoms with van der Waals surface area (Å²) in [6.45, 7) is 1.04. The van der Waals surface area contributed by atoms with Crippen molar-refractivity contribution in [3.63, 3.8) is 0 Å². The van der Waals surface area contributed by atoms with E-state index in [0.29, 0.717) is 5.56 Å². The fraction of sp³-hybridized carbons (Fsp3) is 0.182. The van der Waals surface area contributed by atoms with Gasteiger partial charge in [-0.05, 0) is 17.7 Å². The molecule has 0 amide bonds. The first-order valence-electron chi connectivity index (χ1n) is 4.69. The molecule has 6 heteroatoms. The first kappa shape index (κ1) is 12.8. The average molecular weight is 239 g/mol. The fourth-order valence-corrected chi connectivity index (χ4v) is 1.01. The third kappa shape index (κ3) is 4.02. The number of aliphatic carboxylic acids is 1. The Balaban J connectivity index is 2.62. The summed E-state index contributed by atoms with van der Waals surface area (Å²) >= 11 is 0. The summed E-state index contributed by atoms with van der Waals surface area (Å²) < 4.78 is 12.6. The lowest BCUT2D eigenvalue weighted by molar-refractivity contribution is -0.130. The van der Waals surface area contributed by atoms with E-state index in [1.165, 1.54) is 24.3 Å². The maximum absolute atomic E-state index is 12.6. The minimum absolute atomic E-state index is 0.0374. The number of carbonyl (C=O) groups excluding carboxylic acids is 1. The molecule has 90 valence electrons. The van der Waals surface area contributed by atoms with Gasteiger partial charge in [0.15, 0.2) is 5.78 Å². The van der Waals surface area contributed by atoms with Crippen LogP contribution >= 0.6 is 0 Å². The van der Waals surface area contributed by atoms with Crippen LogP contribution < -0.4 is 0 Å². The largest absolute Gasteiger partial charge is 0.476 e. The molecule has 0 atom stereocenters. The summed E-state index contributed by atoms with van der Waals surface area (Å²) in [7, 11) is 0. The highest BCUT2D eigenvalue weighted by molar-refractivity contribution is 6.63. The molecule has 0 bridgehead atoms. The Morgan fingerprint density at radius 2 is 1.94 bits per heavy atom. The molecule has 0 aliphatic heterocycles. The van der Waals surface area contributed by atoms with E-state index in [-0.39, 0.29) is 12.4 Å². The predicted octanol–water partition coefficient (Wildman–Crippen LogP) is 1.37. The molecule has 0 aliphatic carbocycles. The second-order valence-corrected chi connectivity index (χ2v) is 3.20. The minimum Gasteiger partial charge on any atom is -0.476 e. The zero-order valence-electron chi connectivity index (χ0n) is 9.01. The average Bonchev–Trinajstić information content (AvgIpc) is 2.25. The molecule has 1 N–H and O–H groups in total. The lowest BCUT2D eigenvalue weighted by Crippen LogP contribution is -2.21. The van der Waals surface area contributed by atoms with E-state index in [0.717, 1.165) is 6.92 Å². The quantitative estimate of drug-likeness (QED) is 0.478. The number of nitrogens with zero attached hydrogens (tertiary/aromatic N) is 1. The molecule has 0 saturated carbocycles. The molecule has 0 aliphatic rings. The molecule has 0 radical (unpaired) electrons. The number of carboxylic acids is 1. The minimum atomic E-state index is -1.45. The van der Waals surface area contributed by atoms with Crippen molar-refractivity contribution in [2.45, 2.75) is 13.5 Å². The van der Waals surface area contributed by atoms with Gasteiger partial charge in [-0.1, -0.05) is 17.3 Å². The smallest absolute Gasteiger partial charge is 0.361 e. The topological polar surface area (TPSA) is 76.0 Å². The number of rotatable bonds is 5. The lowest BCUT2D eigenvalue weighted by atomic mass is 10.2. The van der Waals surface area contributed by atoms with E-state index in [4.69, 9.17) is 9.94 Å². The van der Waals surface area contributed by atoms with Gasteiger partial charge in [-0.2, -0.15) is 0 Å². The van der Waals surface area contributed by atoms with Crippen LogP contribution in [0.2, 0.25) is 0 Å². The first-order chi connectivity index (χ1) is 8.00. The van der Waals surface area contributed by atoms with Crippen LogP contribution in [0.5, 0.6) is 0 Å². The summed E-state index contributed by atoms with van der Waals surface area (Å²) in [4.78, 5) is 26.1. The van der Waals surface area contributed by atoms with Crippen LogP contribution in [0.25, 0.3) is 0 Å². The van der Waals surface area contributed by atoms with Crippen LogP contribution in [0.3, 0.4) is 0 Å². The molecule has 5 nitrogen and oxygen atoms in total. The van der Waals surface area contributed by atoms with Gasteiger partial charge in [0.05, 0.1) is 0 Å². The van der Waals surface area contributed by atoms with Crippen LogP contribution in [0, 0.1) is 5.82 Å². The molecule has 17 heavy (non-hydrogen) atoms. The van der Waals surface area contributed by atoms with Crippen molar-refractivity contribution in [2.75, 3.05) is 0 Å². The second-order valence-electron chi connectivity index (χ2n) is 3.20. The Labute approximate surface area is 96.5 Å². The summed E-state index contributed by atoms with van der Waals surface area (Å²) in [5.74, 6) is -2.53. The molecular formula is C11H10FNO4. The molecule has 0 heterocycles. The summed E-state index contributed by atoms with van der Waals surface area (Å²) in [6.07, 6.45) is 0. The third-order valence-electron chi connectivity index (χ3n) is 1.84. The Morgan fingerprint density at radius 1 is 1.35 bits per heavy atom. The van der Waals surface area contributed by atoms with Crippen molar-refractivity contribution in [2.24, 2.45) is 5.16 Å². The van der Waals surface area contributed by atoms with Crippen LogP contribution in [0.15, 0.2) is 29.4 Å². The van der Waals surface area contributed by atoms with Gasteiger partial charge in [0.1, 0.15) is 12.4 Å². The highest BCUT2D eigenvalue weighted by Crippen LogP contribution is 2.04. The van der Waals surface area contributed by atoms with Crippen LogP contribution in [0.4, 0.5) is 4.39 Å². The van der Waals surface area contributed by atoms with E-state index >= 15 is 0 Å². The van der Waals surface area contributed by atoms with E-state index in [2.05, 4.69) is 5.16 Å². The maximum Gasteiger partial charge on any atom is 0.361 e. The van der Waals surface area contributed by atoms with Crippen molar-refractivity contribution in [3.8, 4) is 0 Å². The molecule has 1 aromatic rings. The van der Waals surface area contributed by atoms with Gasteiger partial charge in [0.25, 0.3) is 0 Å². The number of oxime groups is 1. The molecule has 0 spiro atoms. The zero-order valence-corrected chi connectivity index (χ0v) is 9.01. The SMILES string of the molecule is CC(=O)/C(=N/OCc1ccc(F)cc1)C(=O)O. The van der Waals surface area contributed by atoms with E-state index in [1.807, 2.05) is 0 Å². The normalized spacial score (nSPS) is 11.1. The van der Waals surface area contributed by atoms with E-state index in [1.54, 1.807) is 0 Å². The van der Waals surface area contributed by atoms with Crippen LogP contribution in [-0.2, 0) is 21.0 Å². The van der Waals surface area contributed by atoms with Gasteiger partial charge < -0.3 is 9.94 Å². The number of benzene rings is 1. The van der Waals surface area contributed by atoms with E-state index < -0.39 is 17.5 Å². The third-order valence-corrected chi connectivity index (χ3v) is 1.84. The Kier molecular flexibility index (Phi) is 4.33. The number of hydrogen-bond acceptors (Lipinski definition) is 4. The maximum atomic E-state index is 12.6. The molecule has 0 saturated heterocycles. The van der Waals surface area contributed by atoms with Crippen LogP contribution in [-0.4, -0.2) is 22.6 Å². The highest BCUT2D eigenvalue weighted by Gasteiger charge is 2.15. The standard InChI is InChI=1S/C11H10FNO4/c1-7(14)10(11(15)16)13-17-6-8-2-4-9(12)5-3-8/h2-5H,6H2,1H3,(H,15,16)/b13-10-. The first-order valence-corrected chi connectivity index (χ1v) is 4.69.